The predicted molar refractivity (Wildman–Crippen MR) is 109 cm³/mol. The van der Waals surface area contributed by atoms with Crippen molar-refractivity contribution in [3.8, 4) is 0 Å². The fraction of sp³-hybridized carbons (Fsp3) is 0.364. The first-order valence-electron chi connectivity index (χ1n) is 9.20. The van der Waals surface area contributed by atoms with Gasteiger partial charge in [0.05, 0.1) is 0 Å². The molecule has 1 saturated carbocycles. The van der Waals surface area contributed by atoms with Crippen molar-refractivity contribution in [3.63, 3.8) is 0 Å². The van der Waals surface area contributed by atoms with E-state index in [9.17, 15) is 0 Å². The minimum atomic E-state index is 0.786. The van der Waals surface area contributed by atoms with Crippen molar-refractivity contribution in [2.24, 2.45) is 0 Å². The van der Waals surface area contributed by atoms with E-state index in [1.165, 1.54) is 52.2 Å². The molecule has 0 saturated heterocycles. The molecule has 130 valence electrons. The minimum Gasteiger partial charge on any atom is -0.303 e. The maximum atomic E-state index is 6.29. The number of nitrogens with zero attached hydrogens (tertiary/aromatic N) is 1. The van der Waals surface area contributed by atoms with E-state index in [1.54, 1.807) is 0 Å². The number of rotatable bonds is 4. The lowest BCUT2D eigenvalue weighted by molar-refractivity contribution is 0.250. The van der Waals surface area contributed by atoms with E-state index in [4.69, 9.17) is 11.6 Å². The molecule has 3 heteroatoms. The van der Waals surface area contributed by atoms with Crippen LogP contribution in [0.5, 0.6) is 0 Å². The summed E-state index contributed by atoms with van der Waals surface area (Å²) in [5, 5.41) is 0.813. The van der Waals surface area contributed by atoms with Crippen molar-refractivity contribution in [1.29, 1.82) is 0 Å². The van der Waals surface area contributed by atoms with Gasteiger partial charge in [0.2, 0.25) is 0 Å². The Morgan fingerprint density at radius 1 is 1.08 bits per heavy atom. The Morgan fingerprint density at radius 3 is 2.68 bits per heavy atom. The maximum absolute atomic E-state index is 6.29. The summed E-state index contributed by atoms with van der Waals surface area (Å²) in [6.45, 7) is 1.12. The first-order valence-corrected chi connectivity index (χ1v) is 10.4. The van der Waals surface area contributed by atoms with Gasteiger partial charge < -0.3 is 4.90 Å². The van der Waals surface area contributed by atoms with Crippen molar-refractivity contribution in [2.45, 2.75) is 47.9 Å². The summed E-state index contributed by atoms with van der Waals surface area (Å²) in [5.41, 5.74) is 3.96. The Morgan fingerprint density at radius 2 is 1.84 bits per heavy atom. The van der Waals surface area contributed by atoms with Crippen LogP contribution in [0.2, 0.25) is 5.02 Å². The zero-order chi connectivity index (χ0) is 17.2. The molecule has 2 aliphatic rings. The van der Waals surface area contributed by atoms with Gasteiger partial charge in [-0.05, 0) is 67.3 Å². The zero-order valence-electron chi connectivity index (χ0n) is 14.7. The normalized spacial score (nSPS) is 18.6. The summed E-state index contributed by atoms with van der Waals surface area (Å²) in [6, 6.07) is 15.8. The number of fused-ring (bicyclic) bond motifs is 2. The summed E-state index contributed by atoms with van der Waals surface area (Å²) in [7, 11) is 2.28. The Kier molecular flexibility index (Phi) is 5.21. The van der Waals surface area contributed by atoms with Crippen LogP contribution in [0, 0.1) is 0 Å². The number of hydrogen-bond acceptors (Lipinski definition) is 2. The third kappa shape index (κ3) is 3.67. The smallest absolute Gasteiger partial charge is 0.0412 e. The highest BCUT2D eigenvalue weighted by atomic mass is 35.5. The van der Waals surface area contributed by atoms with E-state index in [1.807, 2.05) is 17.8 Å². The molecular formula is C22H24ClNS. The van der Waals surface area contributed by atoms with Crippen LogP contribution in [0.25, 0.3) is 5.57 Å². The lowest BCUT2D eigenvalue weighted by atomic mass is 9.96. The van der Waals surface area contributed by atoms with Crippen LogP contribution in [0.15, 0.2) is 58.3 Å². The van der Waals surface area contributed by atoms with E-state index < -0.39 is 0 Å². The van der Waals surface area contributed by atoms with Gasteiger partial charge in [-0.2, -0.15) is 0 Å². The molecule has 0 spiro atoms. The number of halogens is 1. The minimum absolute atomic E-state index is 0.786. The monoisotopic (exact) mass is 369 g/mol. The molecule has 0 aromatic heterocycles. The first kappa shape index (κ1) is 17.2. The Balaban J connectivity index is 1.60. The molecule has 2 aromatic carbocycles. The van der Waals surface area contributed by atoms with Crippen LogP contribution in [-0.2, 0) is 0 Å². The fourth-order valence-corrected chi connectivity index (χ4v) is 5.26. The summed E-state index contributed by atoms with van der Waals surface area (Å²) < 4.78 is 0. The molecule has 4 rings (SSSR count). The van der Waals surface area contributed by atoms with Crippen LogP contribution in [0.3, 0.4) is 0 Å². The van der Waals surface area contributed by atoms with Crippen LogP contribution >= 0.6 is 23.4 Å². The van der Waals surface area contributed by atoms with Crippen molar-refractivity contribution < 1.29 is 0 Å². The van der Waals surface area contributed by atoms with Gasteiger partial charge in [-0.1, -0.05) is 60.5 Å². The van der Waals surface area contributed by atoms with Crippen molar-refractivity contribution in [1.82, 2.24) is 4.90 Å². The molecule has 1 aliphatic carbocycles. The van der Waals surface area contributed by atoms with Crippen molar-refractivity contribution in [2.75, 3.05) is 13.6 Å². The fourth-order valence-electron chi connectivity index (χ4n) is 4.00. The molecule has 2 aromatic rings. The van der Waals surface area contributed by atoms with Crippen molar-refractivity contribution in [3.05, 3.63) is 64.7 Å². The molecule has 0 N–H and O–H groups in total. The van der Waals surface area contributed by atoms with Crippen LogP contribution in [-0.4, -0.2) is 24.5 Å². The average molecular weight is 370 g/mol. The molecule has 25 heavy (non-hydrogen) atoms. The summed E-state index contributed by atoms with van der Waals surface area (Å²) >= 11 is 8.14. The van der Waals surface area contributed by atoms with Gasteiger partial charge in [-0.15, -0.1) is 0 Å². The molecule has 1 nitrogen and oxygen atoms in total. The van der Waals surface area contributed by atoms with Gasteiger partial charge >= 0.3 is 0 Å². The van der Waals surface area contributed by atoms with E-state index >= 15 is 0 Å². The summed E-state index contributed by atoms with van der Waals surface area (Å²) in [6.07, 6.45) is 9.02. The second-order valence-corrected chi connectivity index (χ2v) is 8.58. The van der Waals surface area contributed by atoms with Crippen molar-refractivity contribution >= 4 is 28.9 Å². The summed E-state index contributed by atoms with van der Waals surface area (Å²) in [5.74, 6) is 0. The molecule has 1 fully saturated rings. The number of hydrogen-bond donors (Lipinski definition) is 0. The van der Waals surface area contributed by atoms with Crippen LogP contribution < -0.4 is 0 Å². The lowest BCUT2D eigenvalue weighted by Crippen LogP contribution is -2.29. The first-order chi connectivity index (χ1) is 12.2. The molecule has 0 bridgehead atoms. The maximum Gasteiger partial charge on any atom is 0.0412 e. The van der Waals surface area contributed by atoms with Gasteiger partial charge in [-0.3, -0.25) is 0 Å². The Hall–Kier alpha value is -1.22. The molecule has 0 amide bonds. The van der Waals surface area contributed by atoms with Gasteiger partial charge in [0.15, 0.2) is 0 Å². The molecule has 0 radical (unpaired) electrons. The quantitative estimate of drug-likeness (QED) is 0.516. The Labute approximate surface area is 160 Å². The average Bonchev–Trinajstić information content (AvgIpc) is 3.16. The number of benzene rings is 2. The van der Waals surface area contributed by atoms with Crippen LogP contribution in [0.1, 0.15) is 43.2 Å². The Bertz CT molecular complexity index is 792. The SMILES string of the molecule is CN(CC/C=C1\c2ccccc2Sc2ccc(Cl)cc21)C1CCCC1. The molecule has 1 aliphatic heterocycles. The molecule has 0 atom stereocenters. The van der Waals surface area contributed by atoms with E-state index in [-0.39, 0.29) is 0 Å². The van der Waals surface area contributed by atoms with E-state index in [0.29, 0.717) is 0 Å². The highest BCUT2D eigenvalue weighted by Gasteiger charge is 2.21. The zero-order valence-corrected chi connectivity index (χ0v) is 16.2. The molecule has 1 heterocycles. The largest absolute Gasteiger partial charge is 0.303 e. The van der Waals surface area contributed by atoms with E-state index in [2.05, 4.69) is 54.4 Å². The molecular weight excluding hydrogens is 346 g/mol. The van der Waals surface area contributed by atoms with Gasteiger partial charge in [0.25, 0.3) is 0 Å². The summed E-state index contributed by atoms with van der Waals surface area (Å²) in [4.78, 5) is 5.19. The third-order valence-corrected chi connectivity index (χ3v) is 6.79. The van der Waals surface area contributed by atoms with Gasteiger partial charge in [0, 0.05) is 27.4 Å². The topological polar surface area (TPSA) is 3.24 Å². The lowest BCUT2D eigenvalue weighted by Gasteiger charge is -2.25. The highest BCUT2D eigenvalue weighted by molar-refractivity contribution is 7.99. The molecule has 0 unspecified atom stereocenters. The van der Waals surface area contributed by atoms with E-state index in [0.717, 1.165) is 24.0 Å². The second-order valence-electron chi connectivity index (χ2n) is 7.06. The second kappa shape index (κ2) is 7.57. The third-order valence-electron chi connectivity index (χ3n) is 5.41. The predicted octanol–water partition coefficient (Wildman–Crippen LogP) is 6.50. The highest BCUT2D eigenvalue weighted by Crippen LogP contribution is 2.46. The standard InChI is InChI=1S/C22H24ClNS/c1-24(17-7-2-3-8-17)14-6-10-18-19-9-4-5-11-21(19)25-22-13-12-16(23)15-20(18)22/h4-5,9-13,15,17H,2-3,6-8,14H2,1H3/b18-10+. The van der Waals surface area contributed by atoms with Crippen LogP contribution in [0.4, 0.5) is 0 Å². The van der Waals surface area contributed by atoms with Gasteiger partial charge in [-0.25, -0.2) is 0 Å². The van der Waals surface area contributed by atoms with Gasteiger partial charge in [0.1, 0.15) is 0 Å².